The van der Waals surface area contributed by atoms with Crippen LogP contribution in [0.3, 0.4) is 0 Å². The lowest BCUT2D eigenvalue weighted by atomic mass is 9.97. The number of amides is 4. The van der Waals surface area contributed by atoms with Crippen LogP contribution in [-0.2, 0) is 23.9 Å². The maximum absolute atomic E-state index is 14.2. The predicted molar refractivity (Wildman–Crippen MR) is 130 cm³/mol. The molecule has 224 valence electrons. The minimum atomic E-state index is -5.26. The number of rotatable bonds is 6. The van der Waals surface area contributed by atoms with Gasteiger partial charge in [-0.05, 0) is 27.7 Å². The van der Waals surface area contributed by atoms with Gasteiger partial charge in [-0.15, -0.1) is 0 Å². The van der Waals surface area contributed by atoms with Crippen LogP contribution in [0.1, 0.15) is 34.1 Å². The summed E-state index contributed by atoms with van der Waals surface area (Å²) < 4.78 is 77.5. The van der Waals surface area contributed by atoms with E-state index in [0.717, 1.165) is 29.8 Å². The average Bonchev–Trinajstić information content (AvgIpc) is 3.22. The molecule has 0 saturated carbocycles. The van der Waals surface area contributed by atoms with Gasteiger partial charge in [-0.25, -0.2) is 8.78 Å². The lowest BCUT2D eigenvalue weighted by Gasteiger charge is -2.36. The molecule has 0 aliphatic carbocycles. The number of fused-ring (bicyclic) bond motifs is 1. The van der Waals surface area contributed by atoms with Crippen molar-refractivity contribution < 1.29 is 50.6 Å². The Balaban J connectivity index is 1.91. The van der Waals surface area contributed by atoms with Crippen molar-refractivity contribution in [3.63, 3.8) is 0 Å². The summed E-state index contributed by atoms with van der Waals surface area (Å²) in [6.07, 6.45) is -5.66. The first kappa shape index (κ1) is 31.5. The molecule has 1 saturated heterocycles. The van der Waals surface area contributed by atoms with Crippen molar-refractivity contribution in [2.75, 3.05) is 25.5 Å². The zero-order chi connectivity index (χ0) is 31.1. The number of carbonyl (C=O) groups is 4. The van der Waals surface area contributed by atoms with E-state index in [1.54, 1.807) is 20.8 Å². The number of anilines is 1. The van der Waals surface area contributed by atoms with Gasteiger partial charge in [-0.1, -0.05) is 0 Å². The number of alkyl halides is 3. The number of hydrogen-bond acceptors (Lipinski definition) is 7. The molecule has 41 heavy (non-hydrogen) atoms. The predicted octanol–water partition coefficient (Wildman–Crippen LogP) is 1.87. The SMILES string of the molecule is C[C@H](NC(=O)C(F)(F)F)C(=O)N(C)[C@@H](COC(C)(C)C)C(=O)N1C[C@@]2(C[C@H]1C#N)Oc1cc(F)cc(F)c1NC2=O. The average molecular weight is 590 g/mol. The van der Waals surface area contributed by atoms with Gasteiger partial charge in [0.15, 0.2) is 11.6 Å². The molecule has 1 aromatic rings. The molecule has 2 N–H and O–H groups in total. The van der Waals surface area contributed by atoms with Crippen LogP contribution in [-0.4, -0.2) is 89.1 Å². The second-order valence-electron chi connectivity index (χ2n) is 10.7. The summed E-state index contributed by atoms with van der Waals surface area (Å²) in [5.41, 5.74) is -3.18. The summed E-state index contributed by atoms with van der Waals surface area (Å²) >= 11 is 0. The number of likely N-dealkylation sites (tertiary alicyclic amines) is 1. The molecule has 4 amide bonds. The first-order valence-corrected chi connectivity index (χ1v) is 12.3. The molecule has 2 heterocycles. The van der Waals surface area contributed by atoms with Crippen LogP contribution >= 0.6 is 0 Å². The van der Waals surface area contributed by atoms with Crippen LogP contribution in [0.25, 0.3) is 0 Å². The number of benzene rings is 1. The molecule has 1 spiro atoms. The Labute approximate surface area is 231 Å². The Bertz CT molecular complexity index is 1290. The fourth-order valence-corrected chi connectivity index (χ4v) is 4.36. The van der Waals surface area contributed by atoms with Gasteiger partial charge < -0.3 is 29.9 Å². The maximum atomic E-state index is 14.2. The van der Waals surface area contributed by atoms with Gasteiger partial charge in [0.25, 0.3) is 5.91 Å². The van der Waals surface area contributed by atoms with E-state index in [1.807, 2.05) is 6.07 Å². The standard InChI is InChI=1S/C25H28F5N5O6/c1-12(32-22(39)25(28,29)30)19(36)34(5)16(10-40-23(2,3)4)20(37)35-11-24(8-14(35)9-31)21(38)33-18-15(27)6-13(26)7-17(18)41-24/h6-7,12,14,16H,8,10-11H2,1-5H3,(H,32,39)(H,33,38)/t12-,14-,16-,24+/m0/s1. The molecular formula is C25H28F5N5O6. The molecular weight excluding hydrogens is 561 g/mol. The molecule has 11 nitrogen and oxygen atoms in total. The summed E-state index contributed by atoms with van der Waals surface area (Å²) in [6, 6.07) is -1.31. The molecule has 1 aromatic carbocycles. The van der Waals surface area contributed by atoms with E-state index in [9.17, 15) is 46.4 Å². The van der Waals surface area contributed by atoms with E-state index in [4.69, 9.17) is 9.47 Å². The quantitative estimate of drug-likeness (QED) is 0.483. The Morgan fingerprint density at radius 2 is 1.93 bits per heavy atom. The number of ether oxygens (including phenoxy) is 2. The highest BCUT2D eigenvalue weighted by atomic mass is 19.4. The van der Waals surface area contributed by atoms with Crippen LogP contribution < -0.4 is 15.4 Å². The van der Waals surface area contributed by atoms with Crippen LogP contribution in [0.4, 0.5) is 27.6 Å². The summed E-state index contributed by atoms with van der Waals surface area (Å²) in [7, 11) is 1.10. The Kier molecular flexibility index (Phi) is 8.54. The first-order valence-electron chi connectivity index (χ1n) is 12.3. The number of hydrogen-bond donors (Lipinski definition) is 2. The minimum Gasteiger partial charge on any atom is -0.473 e. The molecule has 0 bridgehead atoms. The molecule has 0 radical (unpaired) electrons. The monoisotopic (exact) mass is 589 g/mol. The molecule has 3 rings (SSSR count). The number of nitrogens with one attached hydrogen (secondary N) is 2. The van der Waals surface area contributed by atoms with Gasteiger partial charge in [0.2, 0.25) is 17.4 Å². The molecule has 16 heteroatoms. The van der Waals surface area contributed by atoms with Gasteiger partial charge in [0.1, 0.15) is 29.6 Å². The lowest BCUT2D eigenvalue weighted by molar-refractivity contribution is -0.175. The normalized spacial score (nSPS) is 21.7. The highest BCUT2D eigenvalue weighted by Crippen LogP contribution is 2.42. The number of nitriles is 1. The third kappa shape index (κ3) is 6.67. The van der Waals surface area contributed by atoms with Crippen molar-refractivity contribution in [2.24, 2.45) is 0 Å². The Morgan fingerprint density at radius 3 is 2.49 bits per heavy atom. The van der Waals surface area contributed by atoms with Gasteiger partial charge in [0, 0.05) is 25.6 Å². The summed E-state index contributed by atoms with van der Waals surface area (Å²) in [5, 5.41) is 13.6. The molecule has 0 aromatic heterocycles. The van der Waals surface area contributed by atoms with Gasteiger partial charge in [-0.3, -0.25) is 19.2 Å². The Morgan fingerprint density at radius 1 is 1.29 bits per heavy atom. The summed E-state index contributed by atoms with van der Waals surface area (Å²) in [4.78, 5) is 52.9. The highest BCUT2D eigenvalue weighted by Gasteiger charge is 2.57. The van der Waals surface area contributed by atoms with Crippen molar-refractivity contribution in [3.8, 4) is 11.8 Å². The number of halogens is 5. The molecule has 0 unspecified atom stereocenters. The fraction of sp³-hybridized carbons (Fsp3) is 0.560. The third-order valence-corrected chi connectivity index (χ3v) is 6.48. The van der Waals surface area contributed by atoms with E-state index in [2.05, 4.69) is 5.32 Å². The topological polar surface area (TPSA) is 141 Å². The van der Waals surface area contributed by atoms with Crippen LogP contribution in [0, 0.1) is 23.0 Å². The zero-order valence-electron chi connectivity index (χ0n) is 22.7. The van der Waals surface area contributed by atoms with Crippen LogP contribution in [0.5, 0.6) is 5.75 Å². The minimum absolute atomic E-state index is 0.359. The zero-order valence-corrected chi connectivity index (χ0v) is 22.7. The second-order valence-corrected chi connectivity index (χ2v) is 10.7. The summed E-state index contributed by atoms with van der Waals surface area (Å²) in [5.74, 6) is -7.72. The largest absolute Gasteiger partial charge is 0.473 e. The second kappa shape index (κ2) is 11.1. The van der Waals surface area contributed by atoms with Crippen molar-refractivity contribution in [3.05, 3.63) is 23.8 Å². The molecule has 1 fully saturated rings. The fourth-order valence-electron chi connectivity index (χ4n) is 4.36. The van der Waals surface area contributed by atoms with Crippen molar-refractivity contribution in [1.29, 1.82) is 5.26 Å². The first-order chi connectivity index (χ1) is 18.8. The third-order valence-electron chi connectivity index (χ3n) is 6.48. The van der Waals surface area contributed by atoms with Gasteiger partial charge >= 0.3 is 12.1 Å². The molecule has 2 aliphatic heterocycles. The van der Waals surface area contributed by atoms with Crippen LogP contribution in [0.15, 0.2) is 12.1 Å². The van der Waals surface area contributed by atoms with E-state index in [0.29, 0.717) is 6.07 Å². The van der Waals surface area contributed by atoms with Crippen molar-refractivity contribution in [2.45, 2.75) is 69.6 Å². The maximum Gasteiger partial charge on any atom is 0.471 e. The van der Waals surface area contributed by atoms with E-state index in [1.165, 1.54) is 5.32 Å². The number of likely N-dealkylation sites (N-methyl/N-ethyl adjacent to an activating group) is 1. The van der Waals surface area contributed by atoms with Crippen molar-refractivity contribution in [1.82, 2.24) is 15.1 Å². The van der Waals surface area contributed by atoms with Crippen molar-refractivity contribution >= 4 is 29.3 Å². The van der Waals surface area contributed by atoms with E-state index in [-0.39, 0.29) is 5.75 Å². The van der Waals surface area contributed by atoms with Gasteiger partial charge in [0.05, 0.1) is 24.8 Å². The smallest absolute Gasteiger partial charge is 0.471 e. The Hall–Kier alpha value is -4.00. The number of carbonyl (C=O) groups excluding carboxylic acids is 4. The van der Waals surface area contributed by atoms with E-state index < -0.39 is 96.0 Å². The molecule has 2 aliphatic rings. The van der Waals surface area contributed by atoms with Gasteiger partial charge in [-0.2, -0.15) is 18.4 Å². The van der Waals surface area contributed by atoms with Crippen LogP contribution in [0.2, 0.25) is 0 Å². The lowest BCUT2D eigenvalue weighted by Crippen LogP contribution is -2.58. The number of nitrogens with zero attached hydrogens (tertiary/aromatic N) is 3. The highest BCUT2D eigenvalue weighted by molar-refractivity contribution is 6.02. The molecule has 4 atom stereocenters. The summed E-state index contributed by atoms with van der Waals surface area (Å²) in [6.45, 7) is 4.87. The van der Waals surface area contributed by atoms with E-state index >= 15 is 0 Å².